The van der Waals surface area contributed by atoms with Crippen molar-refractivity contribution < 1.29 is 4.79 Å². The molecule has 0 aliphatic heterocycles. The third kappa shape index (κ3) is 3.83. The van der Waals surface area contributed by atoms with E-state index >= 15 is 0 Å². The molecule has 30 heavy (non-hydrogen) atoms. The number of hydrogen-bond donors (Lipinski definition) is 1. The van der Waals surface area contributed by atoms with Crippen molar-refractivity contribution in [1.29, 1.82) is 0 Å². The Kier molecular flexibility index (Phi) is 5.36. The lowest BCUT2D eigenvalue weighted by Gasteiger charge is -2.15. The van der Waals surface area contributed by atoms with E-state index in [0.717, 1.165) is 45.5 Å². The van der Waals surface area contributed by atoms with Crippen molar-refractivity contribution in [2.24, 2.45) is 0 Å². The molecular formula is C25H26N4O. The minimum Gasteiger partial charge on any atom is -0.345 e. The number of aromatic nitrogens is 3. The Bertz CT molecular complexity index is 1230. The molecule has 1 N–H and O–H groups in total. The Balaban J connectivity index is 1.73. The van der Waals surface area contributed by atoms with E-state index in [1.54, 1.807) is 0 Å². The van der Waals surface area contributed by atoms with Gasteiger partial charge in [-0.25, -0.2) is 4.98 Å². The van der Waals surface area contributed by atoms with Crippen molar-refractivity contribution in [3.8, 4) is 11.3 Å². The second-order valence-corrected chi connectivity index (χ2v) is 7.66. The molecule has 0 bridgehead atoms. The van der Waals surface area contributed by atoms with E-state index < -0.39 is 0 Å². The number of fused-ring (bicyclic) bond motifs is 1. The van der Waals surface area contributed by atoms with E-state index in [4.69, 9.17) is 4.98 Å². The van der Waals surface area contributed by atoms with Gasteiger partial charge in [0.2, 0.25) is 0 Å². The maximum atomic E-state index is 13.3. The summed E-state index contributed by atoms with van der Waals surface area (Å²) >= 11 is 0. The predicted octanol–water partition coefficient (Wildman–Crippen LogP) is 5.23. The second kappa shape index (κ2) is 8.11. The van der Waals surface area contributed by atoms with Gasteiger partial charge in [0.05, 0.1) is 28.5 Å². The summed E-state index contributed by atoms with van der Waals surface area (Å²) in [6.45, 7) is 8.87. The molecule has 0 fully saturated rings. The molecule has 2 aromatic heterocycles. The lowest BCUT2D eigenvalue weighted by atomic mass is 10.0. The number of carbonyl (C=O) groups excluding carboxylic acids is 1. The predicted molar refractivity (Wildman–Crippen MR) is 120 cm³/mol. The number of hydrogen-bond acceptors (Lipinski definition) is 3. The van der Waals surface area contributed by atoms with Gasteiger partial charge in [-0.2, -0.15) is 5.10 Å². The van der Waals surface area contributed by atoms with Crippen LogP contribution < -0.4 is 5.32 Å². The minimum absolute atomic E-state index is 0.112. The molecule has 0 aliphatic carbocycles. The van der Waals surface area contributed by atoms with Crippen LogP contribution in [0.1, 0.15) is 47.1 Å². The number of amides is 1. The molecular weight excluding hydrogens is 372 g/mol. The molecule has 0 saturated heterocycles. The zero-order chi connectivity index (χ0) is 21.3. The lowest BCUT2D eigenvalue weighted by molar-refractivity contribution is 0.0941. The molecule has 1 unspecified atom stereocenters. The fourth-order valence-electron chi connectivity index (χ4n) is 3.79. The number of rotatable bonds is 5. The fourth-order valence-corrected chi connectivity index (χ4v) is 3.79. The summed E-state index contributed by atoms with van der Waals surface area (Å²) in [6, 6.07) is 17.7. The quantitative estimate of drug-likeness (QED) is 0.501. The zero-order valence-electron chi connectivity index (χ0n) is 17.8. The van der Waals surface area contributed by atoms with Gasteiger partial charge >= 0.3 is 0 Å². The first-order valence-corrected chi connectivity index (χ1v) is 10.3. The third-order valence-electron chi connectivity index (χ3n) is 5.40. The first-order valence-electron chi connectivity index (χ1n) is 10.3. The first-order chi connectivity index (χ1) is 14.5. The van der Waals surface area contributed by atoms with Gasteiger partial charge in [-0.15, -0.1) is 0 Å². The topological polar surface area (TPSA) is 59.8 Å². The Morgan fingerprint density at radius 3 is 2.63 bits per heavy atom. The Morgan fingerprint density at radius 1 is 1.10 bits per heavy atom. The summed E-state index contributed by atoms with van der Waals surface area (Å²) in [5.41, 5.74) is 6.36. The summed E-state index contributed by atoms with van der Waals surface area (Å²) in [4.78, 5) is 18.1. The molecule has 2 aromatic carbocycles. The number of pyridine rings is 1. The van der Waals surface area contributed by atoms with Crippen molar-refractivity contribution in [1.82, 2.24) is 20.1 Å². The maximum absolute atomic E-state index is 13.3. The molecule has 0 saturated carbocycles. The van der Waals surface area contributed by atoms with Crippen LogP contribution >= 0.6 is 0 Å². The normalized spacial score (nSPS) is 12.1. The molecule has 5 heteroatoms. The van der Waals surface area contributed by atoms with Crippen molar-refractivity contribution in [3.63, 3.8) is 0 Å². The molecule has 4 aromatic rings. The minimum atomic E-state index is -0.146. The Labute approximate surface area is 176 Å². The number of nitrogens with zero attached hydrogens (tertiary/aromatic N) is 3. The number of aryl methyl sites for hydroxylation is 3. The maximum Gasteiger partial charge on any atom is 0.252 e. The van der Waals surface area contributed by atoms with Crippen molar-refractivity contribution in [3.05, 3.63) is 83.2 Å². The summed E-state index contributed by atoms with van der Waals surface area (Å²) in [7, 11) is 0. The summed E-state index contributed by atoms with van der Waals surface area (Å²) in [6.07, 6.45) is 2.00. The van der Waals surface area contributed by atoms with Crippen LogP contribution in [-0.4, -0.2) is 20.7 Å². The Morgan fingerprint density at radius 2 is 1.90 bits per heavy atom. The SMILES string of the molecule is CCn1cc(C(C)NC(=O)c2cc(-c3cccc(C)c3)nc3ccccc23)c(C)n1. The van der Waals surface area contributed by atoms with Crippen LogP contribution in [0.2, 0.25) is 0 Å². The summed E-state index contributed by atoms with van der Waals surface area (Å²) in [5, 5.41) is 8.50. The number of nitrogens with one attached hydrogen (secondary N) is 1. The molecule has 2 heterocycles. The van der Waals surface area contributed by atoms with Crippen LogP contribution in [0.3, 0.4) is 0 Å². The van der Waals surface area contributed by atoms with Crippen LogP contribution in [0.15, 0.2) is 60.8 Å². The lowest BCUT2D eigenvalue weighted by Crippen LogP contribution is -2.27. The molecule has 0 aliphatic rings. The van der Waals surface area contributed by atoms with Crippen LogP contribution in [-0.2, 0) is 6.54 Å². The van der Waals surface area contributed by atoms with Gasteiger partial charge in [0.25, 0.3) is 5.91 Å². The highest BCUT2D eigenvalue weighted by Gasteiger charge is 2.19. The number of benzene rings is 2. The van der Waals surface area contributed by atoms with Crippen LogP contribution in [0.4, 0.5) is 0 Å². The number of carbonyl (C=O) groups is 1. The van der Waals surface area contributed by atoms with Gasteiger partial charge in [-0.3, -0.25) is 9.48 Å². The van der Waals surface area contributed by atoms with Crippen LogP contribution in [0, 0.1) is 13.8 Å². The largest absolute Gasteiger partial charge is 0.345 e. The molecule has 152 valence electrons. The van der Waals surface area contributed by atoms with Gasteiger partial charge in [0, 0.05) is 29.3 Å². The molecule has 4 rings (SSSR count). The third-order valence-corrected chi connectivity index (χ3v) is 5.40. The van der Waals surface area contributed by atoms with Gasteiger partial charge in [-0.05, 0) is 45.9 Å². The van der Waals surface area contributed by atoms with E-state index in [1.165, 1.54) is 0 Å². The molecule has 0 spiro atoms. The fraction of sp³-hybridized carbons (Fsp3) is 0.240. The summed E-state index contributed by atoms with van der Waals surface area (Å²) in [5.74, 6) is -0.112. The van der Waals surface area contributed by atoms with Crippen LogP contribution in [0.25, 0.3) is 22.2 Å². The van der Waals surface area contributed by atoms with Gasteiger partial charge in [0.15, 0.2) is 0 Å². The van der Waals surface area contributed by atoms with Crippen molar-refractivity contribution in [2.75, 3.05) is 0 Å². The first kappa shape index (κ1) is 19.8. The monoisotopic (exact) mass is 398 g/mol. The second-order valence-electron chi connectivity index (χ2n) is 7.66. The van der Waals surface area contributed by atoms with Crippen LogP contribution in [0.5, 0.6) is 0 Å². The highest BCUT2D eigenvalue weighted by molar-refractivity contribution is 6.07. The highest BCUT2D eigenvalue weighted by atomic mass is 16.1. The van der Waals surface area contributed by atoms with E-state index in [2.05, 4.69) is 36.4 Å². The average molecular weight is 399 g/mol. The number of para-hydroxylation sites is 1. The smallest absolute Gasteiger partial charge is 0.252 e. The average Bonchev–Trinajstić information content (AvgIpc) is 3.13. The highest BCUT2D eigenvalue weighted by Crippen LogP contribution is 2.26. The molecule has 1 atom stereocenters. The standard InChI is InChI=1S/C25H26N4O/c1-5-29-15-22(18(4)28-29)17(3)26-25(30)21-14-24(19-10-8-9-16(2)13-19)27-23-12-7-6-11-20(21)23/h6-15,17H,5H2,1-4H3,(H,26,30). The van der Waals surface area contributed by atoms with E-state index in [1.807, 2.05) is 67.2 Å². The van der Waals surface area contributed by atoms with Gasteiger partial charge in [0.1, 0.15) is 0 Å². The van der Waals surface area contributed by atoms with E-state index in [0.29, 0.717) is 5.56 Å². The zero-order valence-corrected chi connectivity index (χ0v) is 17.8. The molecule has 0 radical (unpaired) electrons. The van der Waals surface area contributed by atoms with Crippen molar-refractivity contribution in [2.45, 2.75) is 40.3 Å². The van der Waals surface area contributed by atoms with Gasteiger partial charge < -0.3 is 5.32 Å². The summed E-state index contributed by atoms with van der Waals surface area (Å²) < 4.78 is 1.89. The van der Waals surface area contributed by atoms with E-state index in [9.17, 15) is 4.79 Å². The van der Waals surface area contributed by atoms with E-state index in [-0.39, 0.29) is 11.9 Å². The molecule has 5 nitrogen and oxygen atoms in total. The van der Waals surface area contributed by atoms with Gasteiger partial charge in [-0.1, -0.05) is 42.0 Å². The Hall–Kier alpha value is -3.47. The molecule has 1 amide bonds. The van der Waals surface area contributed by atoms with Crippen molar-refractivity contribution >= 4 is 16.8 Å².